The minimum Gasteiger partial charge on any atom is -0.490 e. The number of ether oxygens (including phenoxy) is 2. The third-order valence-corrected chi connectivity index (χ3v) is 6.12. The van der Waals surface area contributed by atoms with Crippen LogP contribution in [0.15, 0.2) is 18.2 Å². The second kappa shape index (κ2) is 9.58. The molecule has 1 spiro atoms. The van der Waals surface area contributed by atoms with Gasteiger partial charge >= 0.3 is 6.03 Å². The van der Waals surface area contributed by atoms with Crippen molar-refractivity contribution in [1.29, 1.82) is 0 Å². The number of carbonyl (C=O) groups excluding carboxylic acids is 3. The average molecular weight is 432 g/mol. The minimum atomic E-state index is -0.854. The molecule has 1 unspecified atom stereocenters. The number of nitrogens with one attached hydrogen (secondary N) is 3. The van der Waals surface area contributed by atoms with Crippen LogP contribution in [0.1, 0.15) is 65.0 Å². The van der Waals surface area contributed by atoms with E-state index >= 15 is 0 Å². The van der Waals surface area contributed by atoms with Crippen LogP contribution in [0.2, 0.25) is 0 Å². The molecular formula is C23H33N3O5. The quantitative estimate of drug-likeness (QED) is 0.549. The fourth-order valence-electron chi connectivity index (χ4n) is 4.42. The molecule has 1 aromatic carbocycles. The van der Waals surface area contributed by atoms with Gasteiger partial charge in [0.25, 0.3) is 5.91 Å². The van der Waals surface area contributed by atoms with Gasteiger partial charge < -0.3 is 20.1 Å². The molecule has 2 fully saturated rings. The molecule has 1 aromatic rings. The molecule has 1 aliphatic carbocycles. The summed E-state index contributed by atoms with van der Waals surface area (Å²) in [6.07, 6.45) is 2.04. The lowest BCUT2D eigenvalue weighted by molar-refractivity contribution is -0.131. The van der Waals surface area contributed by atoms with Crippen LogP contribution < -0.4 is 25.4 Å². The maximum Gasteiger partial charge on any atom is 0.322 e. The highest BCUT2D eigenvalue weighted by atomic mass is 16.5. The summed E-state index contributed by atoms with van der Waals surface area (Å²) in [6, 6.07) is 5.17. The third kappa shape index (κ3) is 4.94. The molecule has 0 aromatic heterocycles. The topological polar surface area (TPSA) is 106 Å². The number of urea groups is 1. The standard InChI is InChI=1S/C23H33N3O5/c1-5-30-17-8-7-16(13-18(17)31-6-2)19(14(3)4)24-20(27)15-9-11-23(12-10-15)21(28)25-22(29)26-23/h7-8,13-15,19H,5-6,9-12H2,1-4H3,(H,24,27)(H2,25,26,28,29). The van der Waals surface area contributed by atoms with Crippen molar-refractivity contribution in [3.8, 4) is 11.5 Å². The molecule has 1 saturated heterocycles. The summed E-state index contributed by atoms with van der Waals surface area (Å²) in [6.45, 7) is 9.05. The molecule has 8 nitrogen and oxygen atoms in total. The van der Waals surface area contributed by atoms with E-state index in [2.05, 4.69) is 29.8 Å². The van der Waals surface area contributed by atoms with Gasteiger partial charge in [-0.3, -0.25) is 14.9 Å². The summed E-state index contributed by atoms with van der Waals surface area (Å²) in [5.41, 5.74) is 0.109. The summed E-state index contributed by atoms with van der Waals surface area (Å²) in [5.74, 6) is 1.04. The average Bonchev–Trinajstić information content (AvgIpc) is 3.00. The highest BCUT2D eigenvalue weighted by Crippen LogP contribution is 2.36. The highest BCUT2D eigenvalue weighted by molar-refractivity contribution is 6.07. The Bertz CT molecular complexity index is 831. The molecule has 1 aliphatic heterocycles. The fourth-order valence-corrected chi connectivity index (χ4v) is 4.42. The largest absolute Gasteiger partial charge is 0.490 e. The van der Waals surface area contributed by atoms with Crippen molar-refractivity contribution in [2.24, 2.45) is 11.8 Å². The number of carbonyl (C=O) groups is 3. The van der Waals surface area contributed by atoms with Gasteiger partial charge in [-0.15, -0.1) is 0 Å². The molecule has 0 bridgehead atoms. The Morgan fingerprint density at radius 2 is 1.77 bits per heavy atom. The van der Waals surface area contributed by atoms with Gasteiger partial charge in [-0.05, 0) is 63.1 Å². The monoisotopic (exact) mass is 431 g/mol. The van der Waals surface area contributed by atoms with E-state index in [1.807, 2.05) is 32.0 Å². The Labute approximate surface area is 183 Å². The van der Waals surface area contributed by atoms with E-state index in [0.717, 1.165) is 5.56 Å². The first-order valence-corrected chi connectivity index (χ1v) is 11.1. The molecule has 31 heavy (non-hydrogen) atoms. The molecule has 1 heterocycles. The Balaban J connectivity index is 1.69. The highest BCUT2D eigenvalue weighted by Gasteiger charge is 2.49. The Morgan fingerprint density at radius 3 is 2.32 bits per heavy atom. The van der Waals surface area contributed by atoms with E-state index in [1.54, 1.807) is 0 Å². The Morgan fingerprint density at radius 1 is 1.13 bits per heavy atom. The number of rotatable bonds is 8. The number of amides is 4. The number of hydrogen-bond donors (Lipinski definition) is 3. The maximum atomic E-state index is 13.1. The van der Waals surface area contributed by atoms with Crippen LogP contribution in [0, 0.1) is 11.8 Å². The van der Waals surface area contributed by atoms with Crippen molar-refractivity contribution in [3.63, 3.8) is 0 Å². The van der Waals surface area contributed by atoms with Gasteiger partial charge in [-0.25, -0.2) is 4.79 Å². The molecular weight excluding hydrogens is 398 g/mol. The molecule has 3 N–H and O–H groups in total. The smallest absolute Gasteiger partial charge is 0.322 e. The van der Waals surface area contributed by atoms with Crippen LogP contribution in [0.25, 0.3) is 0 Å². The summed E-state index contributed by atoms with van der Waals surface area (Å²) >= 11 is 0. The predicted molar refractivity (Wildman–Crippen MR) is 116 cm³/mol. The molecule has 8 heteroatoms. The Hall–Kier alpha value is -2.77. The summed E-state index contributed by atoms with van der Waals surface area (Å²) < 4.78 is 11.4. The van der Waals surface area contributed by atoms with Gasteiger partial charge in [-0.2, -0.15) is 0 Å². The third-order valence-electron chi connectivity index (χ3n) is 6.12. The van der Waals surface area contributed by atoms with Crippen LogP contribution in [-0.4, -0.2) is 36.6 Å². The van der Waals surface area contributed by atoms with Gasteiger partial charge in [0.1, 0.15) is 5.54 Å². The molecule has 3 rings (SSSR count). The van der Waals surface area contributed by atoms with Crippen molar-refractivity contribution in [2.45, 2.75) is 65.0 Å². The molecule has 4 amide bonds. The van der Waals surface area contributed by atoms with E-state index in [0.29, 0.717) is 50.4 Å². The molecule has 2 aliphatic rings. The number of hydrogen-bond acceptors (Lipinski definition) is 5. The lowest BCUT2D eigenvalue weighted by Crippen LogP contribution is -2.51. The minimum absolute atomic E-state index is 0.0230. The zero-order valence-corrected chi connectivity index (χ0v) is 18.7. The van der Waals surface area contributed by atoms with E-state index in [-0.39, 0.29) is 29.7 Å². The normalized spacial score (nSPS) is 24.0. The first-order chi connectivity index (χ1) is 14.8. The SMILES string of the molecule is CCOc1ccc(C(NC(=O)C2CCC3(CC2)NC(=O)NC3=O)C(C)C)cc1OCC. The molecule has 1 atom stereocenters. The lowest BCUT2D eigenvalue weighted by Gasteiger charge is -2.35. The van der Waals surface area contributed by atoms with Crippen molar-refractivity contribution >= 4 is 17.8 Å². The van der Waals surface area contributed by atoms with Crippen LogP contribution >= 0.6 is 0 Å². The number of imide groups is 1. The second-order valence-electron chi connectivity index (χ2n) is 8.57. The van der Waals surface area contributed by atoms with E-state index in [9.17, 15) is 14.4 Å². The van der Waals surface area contributed by atoms with Crippen molar-refractivity contribution in [2.75, 3.05) is 13.2 Å². The lowest BCUT2D eigenvalue weighted by atomic mass is 9.76. The Kier molecular flexibility index (Phi) is 7.08. The summed E-state index contributed by atoms with van der Waals surface area (Å²) in [5, 5.41) is 8.25. The van der Waals surface area contributed by atoms with E-state index in [1.165, 1.54) is 0 Å². The zero-order valence-electron chi connectivity index (χ0n) is 18.7. The zero-order chi connectivity index (χ0) is 22.6. The van der Waals surface area contributed by atoms with Crippen molar-refractivity contribution < 1.29 is 23.9 Å². The summed E-state index contributed by atoms with van der Waals surface area (Å²) in [7, 11) is 0. The van der Waals surface area contributed by atoms with Crippen LogP contribution in [0.4, 0.5) is 4.79 Å². The molecule has 0 radical (unpaired) electrons. The van der Waals surface area contributed by atoms with Crippen molar-refractivity contribution in [1.82, 2.24) is 16.0 Å². The van der Waals surface area contributed by atoms with Gasteiger partial charge in [0.15, 0.2) is 11.5 Å². The second-order valence-corrected chi connectivity index (χ2v) is 8.57. The fraction of sp³-hybridized carbons (Fsp3) is 0.609. The first kappa shape index (κ1) is 22.9. The molecule has 1 saturated carbocycles. The van der Waals surface area contributed by atoms with Crippen molar-refractivity contribution in [3.05, 3.63) is 23.8 Å². The van der Waals surface area contributed by atoms with Crippen LogP contribution in [-0.2, 0) is 9.59 Å². The van der Waals surface area contributed by atoms with Gasteiger partial charge in [-0.1, -0.05) is 19.9 Å². The van der Waals surface area contributed by atoms with E-state index in [4.69, 9.17) is 9.47 Å². The summed E-state index contributed by atoms with van der Waals surface area (Å²) in [4.78, 5) is 36.7. The maximum absolute atomic E-state index is 13.1. The van der Waals surface area contributed by atoms with Crippen LogP contribution in [0.5, 0.6) is 11.5 Å². The number of benzene rings is 1. The van der Waals surface area contributed by atoms with E-state index < -0.39 is 11.6 Å². The van der Waals surface area contributed by atoms with Gasteiger partial charge in [0.2, 0.25) is 5.91 Å². The predicted octanol–water partition coefficient (Wildman–Crippen LogP) is 3.07. The first-order valence-electron chi connectivity index (χ1n) is 11.1. The van der Waals surface area contributed by atoms with Gasteiger partial charge in [0.05, 0.1) is 19.3 Å². The van der Waals surface area contributed by atoms with Crippen LogP contribution in [0.3, 0.4) is 0 Å². The molecule has 170 valence electrons. The van der Waals surface area contributed by atoms with Gasteiger partial charge in [0, 0.05) is 5.92 Å².